The normalized spacial score (nSPS) is 16.6. The molecular formula is C17H26N2O4. The Morgan fingerprint density at radius 1 is 1.39 bits per heavy atom. The lowest BCUT2D eigenvalue weighted by Gasteiger charge is -2.29. The first-order valence-corrected chi connectivity index (χ1v) is 8.25. The number of amides is 2. The van der Waals surface area contributed by atoms with E-state index >= 15 is 0 Å². The summed E-state index contributed by atoms with van der Waals surface area (Å²) in [6.45, 7) is 2.40. The number of urea groups is 1. The summed E-state index contributed by atoms with van der Waals surface area (Å²) in [4.78, 5) is 25.9. The van der Waals surface area contributed by atoms with Gasteiger partial charge in [-0.15, -0.1) is 0 Å². The Balaban J connectivity index is 1.98. The van der Waals surface area contributed by atoms with Gasteiger partial charge in [0.2, 0.25) is 0 Å². The van der Waals surface area contributed by atoms with Crippen LogP contribution in [0.4, 0.5) is 4.79 Å². The number of carbonyl (C=O) groups is 2. The molecule has 128 valence electrons. The zero-order valence-electron chi connectivity index (χ0n) is 13.9. The Kier molecular flexibility index (Phi) is 6.50. The molecule has 1 N–H and O–H groups in total. The van der Waals surface area contributed by atoms with Crippen molar-refractivity contribution in [1.29, 1.82) is 0 Å². The summed E-state index contributed by atoms with van der Waals surface area (Å²) in [6, 6.07) is 3.69. The molecule has 1 atom stereocenters. The van der Waals surface area contributed by atoms with Crippen molar-refractivity contribution < 1.29 is 18.7 Å². The van der Waals surface area contributed by atoms with E-state index < -0.39 is 0 Å². The molecule has 0 aliphatic heterocycles. The molecule has 1 aliphatic carbocycles. The average molecular weight is 322 g/mol. The molecule has 0 aromatic carbocycles. The lowest BCUT2D eigenvalue weighted by Crippen LogP contribution is -2.47. The molecule has 0 radical (unpaired) electrons. The van der Waals surface area contributed by atoms with Gasteiger partial charge in [-0.25, -0.2) is 4.79 Å². The summed E-state index contributed by atoms with van der Waals surface area (Å²) in [6.07, 6.45) is 7.17. The van der Waals surface area contributed by atoms with E-state index in [-0.39, 0.29) is 24.0 Å². The molecule has 1 aromatic rings. The first-order chi connectivity index (χ1) is 11.1. The smallest absolute Gasteiger partial charge is 0.318 e. The molecule has 1 aromatic heterocycles. The van der Waals surface area contributed by atoms with E-state index in [1.54, 1.807) is 24.2 Å². The summed E-state index contributed by atoms with van der Waals surface area (Å²) in [7, 11) is 1.36. The third-order valence-corrected chi connectivity index (χ3v) is 4.24. The quantitative estimate of drug-likeness (QED) is 0.817. The summed E-state index contributed by atoms with van der Waals surface area (Å²) in [5, 5.41) is 3.09. The Morgan fingerprint density at radius 2 is 2.13 bits per heavy atom. The highest BCUT2D eigenvalue weighted by molar-refractivity contribution is 5.76. The van der Waals surface area contributed by atoms with E-state index in [4.69, 9.17) is 9.15 Å². The molecule has 2 rings (SSSR count). The Bertz CT molecular complexity index is 495. The second-order valence-corrected chi connectivity index (χ2v) is 6.17. The van der Waals surface area contributed by atoms with Gasteiger partial charge in [0.15, 0.2) is 0 Å². The fourth-order valence-electron chi connectivity index (χ4n) is 2.93. The van der Waals surface area contributed by atoms with Crippen molar-refractivity contribution >= 4 is 12.0 Å². The minimum absolute atomic E-state index is 0.149. The van der Waals surface area contributed by atoms with Crippen molar-refractivity contribution in [1.82, 2.24) is 10.2 Å². The Morgan fingerprint density at radius 3 is 2.74 bits per heavy atom. The number of ether oxygens (including phenoxy) is 1. The number of esters is 1. The molecule has 1 unspecified atom stereocenters. The molecule has 1 aliphatic rings. The van der Waals surface area contributed by atoms with Gasteiger partial charge in [0.05, 0.1) is 25.8 Å². The number of hydrogen-bond acceptors (Lipinski definition) is 4. The van der Waals surface area contributed by atoms with E-state index in [1.165, 1.54) is 13.5 Å². The lowest BCUT2D eigenvalue weighted by atomic mass is 9.96. The summed E-state index contributed by atoms with van der Waals surface area (Å²) in [5.41, 5.74) is 0. The van der Waals surface area contributed by atoms with Crippen LogP contribution < -0.4 is 5.32 Å². The van der Waals surface area contributed by atoms with Crippen LogP contribution in [-0.4, -0.2) is 36.6 Å². The van der Waals surface area contributed by atoms with Crippen LogP contribution in [0.25, 0.3) is 0 Å². The Hall–Kier alpha value is -1.98. The minimum atomic E-state index is -0.382. The molecule has 6 nitrogen and oxygen atoms in total. The second kappa shape index (κ2) is 8.60. The number of carbonyl (C=O) groups excluding carboxylic acids is 2. The third-order valence-electron chi connectivity index (χ3n) is 4.24. The first kappa shape index (κ1) is 17.4. The SMILES string of the molecule is COC(=O)C(C)CN(Cc1ccco1)C(=O)NC1CCCCC1. The average Bonchev–Trinajstić information content (AvgIpc) is 3.07. The van der Waals surface area contributed by atoms with Gasteiger partial charge in [0, 0.05) is 12.6 Å². The molecule has 0 bridgehead atoms. The maximum atomic E-state index is 12.6. The molecule has 0 saturated heterocycles. The summed E-state index contributed by atoms with van der Waals surface area (Å²) < 4.78 is 10.1. The van der Waals surface area contributed by atoms with Crippen LogP contribution in [0.3, 0.4) is 0 Å². The van der Waals surface area contributed by atoms with E-state index in [1.807, 2.05) is 6.07 Å². The number of nitrogens with zero attached hydrogens (tertiary/aromatic N) is 1. The molecule has 1 saturated carbocycles. The number of methoxy groups -OCH3 is 1. The van der Waals surface area contributed by atoms with Crippen molar-refractivity contribution in [2.24, 2.45) is 5.92 Å². The molecular weight excluding hydrogens is 296 g/mol. The number of rotatable bonds is 6. The van der Waals surface area contributed by atoms with Crippen LogP contribution in [0.15, 0.2) is 22.8 Å². The molecule has 23 heavy (non-hydrogen) atoms. The van der Waals surface area contributed by atoms with E-state index in [0.29, 0.717) is 18.8 Å². The van der Waals surface area contributed by atoms with Gasteiger partial charge in [0.1, 0.15) is 5.76 Å². The fourth-order valence-corrected chi connectivity index (χ4v) is 2.93. The number of hydrogen-bond donors (Lipinski definition) is 1. The van der Waals surface area contributed by atoms with Crippen molar-refractivity contribution in [2.75, 3.05) is 13.7 Å². The molecule has 1 fully saturated rings. The maximum absolute atomic E-state index is 12.6. The van der Waals surface area contributed by atoms with Crippen LogP contribution in [0.5, 0.6) is 0 Å². The highest BCUT2D eigenvalue weighted by Crippen LogP contribution is 2.18. The summed E-state index contributed by atoms with van der Waals surface area (Å²) in [5.74, 6) is -0.00663. The van der Waals surface area contributed by atoms with E-state index in [9.17, 15) is 9.59 Å². The largest absolute Gasteiger partial charge is 0.469 e. The van der Waals surface area contributed by atoms with Crippen LogP contribution in [0.2, 0.25) is 0 Å². The topological polar surface area (TPSA) is 71.8 Å². The standard InChI is InChI=1S/C17H26N2O4/c1-13(16(20)22-2)11-19(12-15-9-6-10-23-15)17(21)18-14-7-4-3-5-8-14/h6,9-10,13-14H,3-5,7-8,11-12H2,1-2H3,(H,18,21). The van der Waals surface area contributed by atoms with Gasteiger partial charge in [-0.1, -0.05) is 26.2 Å². The van der Waals surface area contributed by atoms with Crippen LogP contribution in [0.1, 0.15) is 44.8 Å². The van der Waals surface area contributed by atoms with Gasteiger partial charge >= 0.3 is 12.0 Å². The zero-order valence-corrected chi connectivity index (χ0v) is 13.9. The molecule has 6 heteroatoms. The Labute approximate surface area is 137 Å². The van der Waals surface area contributed by atoms with Gasteiger partial charge in [-0.3, -0.25) is 4.79 Å². The van der Waals surface area contributed by atoms with Crippen molar-refractivity contribution in [2.45, 2.75) is 51.6 Å². The van der Waals surface area contributed by atoms with Crippen molar-refractivity contribution in [3.63, 3.8) is 0 Å². The monoisotopic (exact) mass is 322 g/mol. The number of furan rings is 1. The van der Waals surface area contributed by atoms with Gasteiger partial charge in [-0.05, 0) is 25.0 Å². The first-order valence-electron chi connectivity index (χ1n) is 8.25. The molecule has 0 spiro atoms. The zero-order chi connectivity index (χ0) is 16.7. The molecule has 2 amide bonds. The summed E-state index contributed by atoms with van der Waals surface area (Å²) >= 11 is 0. The van der Waals surface area contributed by atoms with Crippen LogP contribution in [-0.2, 0) is 16.1 Å². The van der Waals surface area contributed by atoms with E-state index in [0.717, 1.165) is 25.7 Å². The van der Waals surface area contributed by atoms with Gasteiger partial charge < -0.3 is 19.4 Å². The minimum Gasteiger partial charge on any atom is -0.469 e. The lowest BCUT2D eigenvalue weighted by molar-refractivity contribution is -0.145. The highest BCUT2D eigenvalue weighted by atomic mass is 16.5. The fraction of sp³-hybridized carbons (Fsp3) is 0.647. The van der Waals surface area contributed by atoms with Gasteiger partial charge in [-0.2, -0.15) is 0 Å². The third kappa shape index (κ3) is 5.30. The predicted octanol–water partition coefficient (Wildman–Crippen LogP) is 2.93. The van der Waals surface area contributed by atoms with E-state index in [2.05, 4.69) is 5.32 Å². The van der Waals surface area contributed by atoms with Crippen LogP contribution in [0, 0.1) is 5.92 Å². The molecule has 1 heterocycles. The van der Waals surface area contributed by atoms with Crippen molar-refractivity contribution in [3.05, 3.63) is 24.2 Å². The second-order valence-electron chi connectivity index (χ2n) is 6.17. The van der Waals surface area contributed by atoms with Crippen molar-refractivity contribution in [3.8, 4) is 0 Å². The van der Waals surface area contributed by atoms with Gasteiger partial charge in [0.25, 0.3) is 0 Å². The predicted molar refractivity (Wildman–Crippen MR) is 85.7 cm³/mol. The maximum Gasteiger partial charge on any atom is 0.318 e. The number of nitrogens with one attached hydrogen (secondary N) is 1. The highest BCUT2D eigenvalue weighted by Gasteiger charge is 2.24. The van der Waals surface area contributed by atoms with Crippen LogP contribution >= 0.6 is 0 Å².